The smallest absolute Gasteiger partial charge is 0.166 e. The van der Waals surface area contributed by atoms with Crippen molar-refractivity contribution in [1.29, 1.82) is 0 Å². The number of benzene rings is 1. The Hall–Kier alpha value is -2.30. The number of para-hydroxylation sites is 1. The van der Waals surface area contributed by atoms with Crippen LogP contribution < -0.4 is 4.74 Å². The summed E-state index contributed by atoms with van der Waals surface area (Å²) in [5.74, 6) is 0.103. The molecule has 0 saturated heterocycles. The van der Waals surface area contributed by atoms with Crippen molar-refractivity contribution in [1.82, 2.24) is 9.97 Å². The van der Waals surface area contributed by atoms with Gasteiger partial charge in [-0.1, -0.05) is 12.1 Å². The number of aromatic nitrogens is 2. The molecule has 0 radical (unpaired) electrons. The van der Waals surface area contributed by atoms with Crippen LogP contribution in [0, 0.1) is 5.82 Å². The second kappa shape index (κ2) is 5.16. The number of aldehydes is 1. The van der Waals surface area contributed by atoms with E-state index in [-0.39, 0.29) is 12.4 Å². The molecule has 0 fully saturated rings. The van der Waals surface area contributed by atoms with Crippen LogP contribution in [0.3, 0.4) is 0 Å². The van der Waals surface area contributed by atoms with Gasteiger partial charge in [-0.15, -0.1) is 0 Å². The van der Waals surface area contributed by atoms with E-state index in [4.69, 9.17) is 4.74 Å². The molecular formula is C12H9FN2O2. The van der Waals surface area contributed by atoms with E-state index in [1.807, 2.05) is 0 Å². The number of nitrogens with zero attached hydrogens (tertiary/aromatic N) is 2. The van der Waals surface area contributed by atoms with E-state index in [0.717, 1.165) is 0 Å². The largest absolute Gasteiger partial charge is 0.483 e. The van der Waals surface area contributed by atoms with Crippen molar-refractivity contribution in [2.75, 3.05) is 0 Å². The van der Waals surface area contributed by atoms with Crippen molar-refractivity contribution >= 4 is 6.29 Å². The van der Waals surface area contributed by atoms with Crippen LogP contribution in [-0.2, 0) is 6.61 Å². The number of hydrogen-bond acceptors (Lipinski definition) is 4. The lowest BCUT2D eigenvalue weighted by Crippen LogP contribution is -2.02. The van der Waals surface area contributed by atoms with E-state index in [1.54, 1.807) is 12.1 Å². The molecule has 5 heteroatoms. The molecule has 4 nitrogen and oxygen atoms in total. The molecule has 86 valence electrons. The van der Waals surface area contributed by atoms with Gasteiger partial charge in [0.1, 0.15) is 6.61 Å². The van der Waals surface area contributed by atoms with Gasteiger partial charge >= 0.3 is 0 Å². The molecule has 17 heavy (non-hydrogen) atoms. The normalized spacial score (nSPS) is 9.94. The van der Waals surface area contributed by atoms with Crippen molar-refractivity contribution in [3.05, 3.63) is 53.9 Å². The first kappa shape index (κ1) is 11.2. The zero-order valence-electron chi connectivity index (χ0n) is 8.84. The van der Waals surface area contributed by atoms with Crippen LogP contribution in [0.1, 0.15) is 16.2 Å². The van der Waals surface area contributed by atoms with Crippen LogP contribution in [0.15, 0.2) is 36.7 Å². The highest BCUT2D eigenvalue weighted by Crippen LogP contribution is 2.16. The fraction of sp³-hybridized carbons (Fsp3) is 0.0833. The Bertz CT molecular complexity index is 514. The standard InChI is InChI=1S/C12H9FN2O2/c13-10-3-1-2-4-11(10)17-8-12-14-5-9(7-16)6-15-12/h1-7H,8H2. The van der Waals surface area contributed by atoms with Crippen LogP contribution in [0.5, 0.6) is 5.75 Å². The first-order valence-electron chi connectivity index (χ1n) is 4.93. The van der Waals surface area contributed by atoms with Crippen LogP contribution in [0.25, 0.3) is 0 Å². The van der Waals surface area contributed by atoms with Gasteiger partial charge in [0.2, 0.25) is 0 Å². The predicted octanol–water partition coefficient (Wildman–Crippen LogP) is 2.01. The van der Waals surface area contributed by atoms with Crippen molar-refractivity contribution < 1.29 is 13.9 Å². The second-order valence-electron chi connectivity index (χ2n) is 3.27. The molecule has 0 aliphatic carbocycles. The molecule has 1 aromatic carbocycles. The van der Waals surface area contributed by atoms with Crippen LogP contribution in [-0.4, -0.2) is 16.3 Å². The van der Waals surface area contributed by atoms with Gasteiger partial charge in [0.15, 0.2) is 23.7 Å². The summed E-state index contributed by atoms with van der Waals surface area (Å²) in [6.07, 6.45) is 3.43. The summed E-state index contributed by atoms with van der Waals surface area (Å²) in [5.41, 5.74) is 0.389. The van der Waals surface area contributed by atoms with Gasteiger partial charge in [0.05, 0.1) is 5.56 Å². The minimum atomic E-state index is -0.433. The zero-order valence-corrected chi connectivity index (χ0v) is 8.84. The van der Waals surface area contributed by atoms with Gasteiger partial charge in [-0.2, -0.15) is 0 Å². The quantitative estimate of drug-likeness (QED) is 0.756. The minimum absolute atomic E-state index is 0.0556. The lowest BCUT2D eigenvalue weighted by molar-refractivity contribution is 0.112. The van der Waals surface area contributed by atoms with E-state index in [1.165, 1.54) is 24.5 Å². The highest BCUT2D eigenvalue weighted by molar-refractivity contribution is 5.73. The Morgan fingerprint density at radius 1 is 1.24 bits per heavy atom. The van der Waals surface area contributed by atoms with E-state index in [9.17, 15) is 9.18 Å². The predicted molar refractivity (Wildman–Crippen MR) is 58.2 cm³/mol. The maximum Gasteiger partial charge on any atom is 0.166 e. The molecule has 0 aliphatic rings. The third-order valence-electron chi connectivity index (χ3n) is 2.05. The molecular weight excluding hydrogens is 223 g/mol. The Kier molecular flexibility index (Phi) is 3.40. The third-order valence-corrected chi connectivity index (χ3v) is 2.05. The average Bonchev–Trinajstić information content (AvgIpc) is 2.38. The number of halogens is 1. The Balaban J connectivity index is 2.02. The molecule has 2 aromatic rings. The Morgan fingerprint density at radius 3 is 2.59 bits per heavy atom. The first-order chi connectivity index (χ1) is 8.29. The Labute approximate surface area is 97.1 Å². The lowest BCUT2D eigenvalue weighted by atomic mass is 10.3. The highest BCUT2D eigenvalue weighted by Gasteiger charge is 2.03. The van der Waals surface area contributed by atoms with Gasteiger partial charge in [-0.3, -0.25) is 4.79 Å². The molecule has 0 amide bonds. The number of ether oxygens (including phenoxy) is 1. The van der Waals surface area contributed by atoms with E-state index in [0.29, 0.717) is 17.7 Å². The minimum Gasteiger partial charge on any atom is -0.483 e. The summed E-state index contributed by atoms with van der Waals surface area (Å²) in [5, 5.41) is 0. The molecule has 1 aromatic heterocycles. The molecule has 0 atom stereocenters. The SMILES string of the molecule is O=Cc1cnc(COc2ccccc2F)nc1. The number of carbonyl (C=O) groups excluding carboxylic acids is 1. The maximum absolute atomic E-state index is 13.2. The number of carbonyl (C=O) groups is 1. The molecule has 0 N–H and O–H groups in total. The van der Waals surface area contributed by atoms with Gasteiger partial charge in [0, 0.05) is 12.4 Å². The molecule has 0 spiro atoms. The fourth-order valence-electron chi connectivity index (χ4n) is 1.20. The molecule has 2 rings (SSSR count). The van der Waals surface area contributed by atoms with Crippen LogP contribution in [0.2, 0.25) is 0 Å². The van der Waals surface area contributed by atoms with Crippen molar-refractivity contribution in [2.45, 2.75) is 6.61 Å². The summed E-state index contributed by atoms with van der Waals surface area (Å²) < 4.78 is 18.4. The number of hydrogen-bond donors (Lipinski definition) is 0. The molecule has 0 saturated carbocycles. The topological polar surface area (TPSA) is 52.1 Å². The van der Waals surface area contributed by atoms with Gasteiger partial charge in [-0.05, 0) is 12.1 Å². The van der Waals surface area contributed by atoms with Crippen molar-refractivity contribution in [3.63, 3.8) is 0 Å². The summed E-state index contributed by atoms with van der Waals surface area (Å²) >= 11 is 0. The van der Waals surface area contributed by atoms with Gasteiger partial charge in [-0.25, -0.2) is 14.4 Å². The summed E-state index contributed by atoms with van der Waals surface area (Å²) in [4.78, 5) is 18.2. The summed E-state index contributed by atoms with van der Waals surface area (Å²) in [6.45, 7) is 0.0556. The summed E-state index contributed by atoms with van der Waals surface area (Å²) in [6, 6.07) is 6.09. The van der Waals surface area contributed by atoms with Crippen molar-refractivity contribution in [2.24, 2.45) is 0 Å². The molecule has 0 aliphatic heterocycles. The van der Waals surface area contributed by atoms with Gasteiger partial charge in [0.25, 0.3) is 0 Å². The zero-order chi connectivity index (χ0) is 12.1. The van der Waals surface area contributed by atoms with Gasteiger partial charge < -0.3 is 4.74 Å². The second-order valence-corrected chi connectivity index (χ2v) is 3.27. The molecule has 1 heterocycles. The number of rotatable bonds is 4. The van der Waals surface area contributed by atoms with E-state index >= 15 is 0 Å². The highest BCUT2D eigenvalue weighted by atomic mass is 19.1. The first-order valence-corrected chi connectivity index (χ1v) is 4.93. The Morgan fingerprint density at radius 2 is 1.94 bits per heavy atom. The maximum atomic E-state index is 13.2. The monoisotopic (exact) mass is 232 g/mol. The summed E-state index contributed by atoms with van der Waals surface area (Å²) in [7, 11) is 0. The third kappa shape index (κ3) is 2.84. The van der Waals surface area contributed by atoms with E-state index < -0.39 is 5.82 Å². The lowest BCUT2D eigenvalue weighted by Gasteiger charge is -2.05. The van der Waals surface area contributed by atoms with Crippen LogP contribution >= 0.6 is 0 Å². The fourth-order valence-corrected chi connectivity index (χ4v) is 1.20. The average molecular weight is 232 g/mol. The van der Waals surface area contributed by atoms with Crippen LogP contribution in [0.4, 0.5) is 4.39 Å². The molecule has 0 bridgehead atoms. The van der Waals surface area contributed by atoms with E-state index in [2.05, 4.69) is 9.97 Å². The molecule has 0 unspecified atom stereocenters. The van der Waals surface area contributed by atoms with Crippen molar-refractivity contribution in [3.8, 4) is 5.75 Å².